The highest BCUT2D eigenvalue weighted by Gasteiger charge is 2.39. The number of halogens is 3. The number of benzene rings is 1. The molecule has 1 saturated heterocycles. The third kappa shape index (κ3) is 2.92. The first-order chi connectivity index (χ1) is 9.00. The molecule has 1 aromatic carbocycles. The fourth-order valence-electron chi connectivity index (χ4n) is 2.33. The first-order valence-corrected chi connectivity index (χ1v) is 7.75. The Morgan fingerprint density at radius 3 is 2.79 bits per heavy atom. The molecular formula is C13H15BrCl2N2O. The highest BCUT2D eigenvalue weighted by atomic mass is 79.9. The van der Waals surface area contributed by atoms with E-state index in [0.717, 1.165) is 25.8 Å². The summed E-state index contributed by atoms with van der Waals surface area (Å²) in [4.78, 5) is 12.4. The molecule has 0 aromatic heterocycles. The van der Waals surface area contributed by atoms with E-state index >= 15 is 0 Å². The van der Waals surface area contributed by atoms with Gasteiger partial charge in [-0.2, -0.15) is 0 Å². The lowest BCUT2D eigenvalue weighted by Crippen LogP contribution is -2.50. The van der Waals surface area contributed by atoms with Crippen LogP contribution in [-0.4, -0.2) is 18.0 Å². The molecule has 1 heterocycles. The van der Waals surface area contributed by atoms with Gasteiger partial charge in [-0.25, -0.2) is 0 Å². The molecule has 2 N–H and O–H groups in total. The van der Waals surface area contributed by atoms with Crippen LogP contribution in [0.5, 0.6) is 0 Å². The van der Waals surface area contributed by atoms with Gasteiger partial charge in [-0.3, -0.25) is 4.79 Å². The van der Waals surface area contributed by atoms with Crippen molar-refractivity contribution in [2.24, 2.45) is 0 Å². The van der Waals surface area contributed by atoms with Gasteiger partial charge in [0.1, 0.15) is 0 Å². The van der Waals surface area contributed by atoms with Crippen molar-refractivity contribution >= 4 is 50.7 Å². The van der Waals surface area contributed by atoms with E-state index < -0.39 is 5.54 Å². The molecule has 19 heavy (non-hydrogen) atoms. The van der Waals surface area contributed by atoms with E-state index in [1.54, 1.807) is 12.1 Å². The Hall–Kier alpha value is -0.290. The Morgan fingerprint density at radius 1 is 1.47 bits per heavy atom. The molecule has 1 aromatic rings. The summed E-state index contributed by atoms with van der Waals surface area (Å²) in [6.45, 7) is 2.88. The zero-order chi connectivity index (χ0) is 14.0. The van der Waals surface area contributed by atoms with Gasteiger partial charge in [0.15, 0.2) is 0 Å². The normalized spacial score (nSPS) is 22.5. The van der Waals surface area contributed by atoms with Crippen LogP contribution in [0, 0.1) is 0 Å². The summed E-state index contributed by atoms with van der Waals surface area (Å²) in [5.41, 5.74) is 0.0597. The number of carbonyl (C=O) groups is 1. The molecule has 2 rings (SSSR count). The predicted octanol–water partition coefficient (Wildman–Crippen LogP) is 4.23. The van der Waals surface area contributed by atoms with Gasteiger partial charge in [0.25, 0.3) is 0 Å². The number of amides is 1. The van der Waals surface area contributed by atoms with Gasteiger partial charge >= 0.3 is 0 Å². The van der Waals surface area contributed by atoms with Crippen LogP contribution in [0.3, 0.4) is 0 Å². The first-order valence-electron chi connectivity index (χ1n) is 6.20. The summed E-state index contributed by atoms with van der Waals surface area (Å²) in [7, 11) is 0. The van der Waals surface area contributed by atoms with Crippen molar-refractivity contribution in [3.05, 3.63) is 26.7 Å². The van der Waals surface area contributed by atoms with Gasteiger partial charge in [-0.05, 0) is 53.9 Å². The monoisotopic (exact) mass is 364 g/mol. The summed E-state index contributed by atoms with van der Waals surface area (Å²) in [5, 5.41) is 6.92. The van der Waals surface area contributed by atoms with E-state index in [0.29, 0.717) is 20.2 Å². The minimum absolute atomic E-state index is 0.0483. The first kappa shape index (κ1) is 15.1. The van der Waals surface area contributed by atoms with Gasteiger partial charge in [0.05, 0.1) is 21.3 Å². The van der Waals surface area contributed by atoms with Gasteiger partial charge in [0, 0.05) is 4.47 Å². The van der Waals surface area contributed by atoms with Crippen molar-refractivity contribution in [2.45, 2.75) is 31.7 Å². The molecule has 1 aliphatic rings. The summed E-state index contributed by atoms with van der Waals surface area (Å²) in [5.74, 6) is -0.0483. The maximum absolute atomic E-state index is 12.4. The highest BCUT2D eigenvalue weighted by Crippen LogP contribution is 2.36. The van der Waals surface area contributed by atoms with Crippen molar-refractivity contribution < 1.29 is 4.79 Å². The third-order valence-corrected chi connectivity index (χ3v) is 5.34. The number of anilines is 1. The molecule has 1 unspecified atom stereocenters. The second kappa shape index (κ2) is 6.00. The number of rotatable bonds is 3. The quantitative estimate of drug-likeness (QED) is 0.787. The SMILES string of the molecule is CCC1(C(=O)Nc2ccc(Br)c(Cl)c2Cl)CCCN1. The number of nitrogens with one attached hydrogen (secondary N) is 2. The van der Waals surface area contributed by atoms with E-state index in [-0.39, 0.29) is 5.91 Å². The topological polar surface area (TPSA) is 41.1 Å². The Labute approximate surface area is 131 Å². The molecule has 0 bridgehead atoms. The minimum atomic E-state index is -0.483. The fraction of sp³-hybridized carbons (Fsp3) is 0.462. The Morgan fingerprint density at radius 2 is 2.21 bits per heavy atom. The molecule has 0 saturated carbocycles. The molecule has 1 fully saturated rings. The van der Waals surface area contributed by atoms with Gasteiger partial charge in [-0.15, -0.1) is 0 Å². The van der Waals surface area contributed by atoms with E-state index in [1.807, 2.05) is 6.92 Å². The fourth-order valence-corrected chi connectivity index (χ4v) is 3.15. The van der Waals surface area contributed by atoms with E-state index in [4.69, 9.17) is 23.2 Å². The summed E-state index contributed by atoms with van der Waals surface area (Å²) < 4.78 is 0.710. The van der Waals surface area contributed by atoms with Crippen molar-refractivity contribution in [2.75, 3.05) is 11.9 Å². The standard InChI is InChI=1S/C13H15BrCl2N2O/c1-2-13(6-3-7-17-13)12(19)18-9-5-4-8(14)10(15)11(9)16/h4-5,17H,2-3,6-7H2,1H3,(H,18,19). The number of carbonyl (C=O) groups excluding carboxylic acids is 1. The number of hydrogen-bond donors (Lipinski definition) is 2. The zero-order valence-electron chi connectivity index (χ0n) is 10.5. The largest absolute Gasteiger partial charge is 0.323 e. The van der Waals surface area contributed by atoms with Crippen LogP contribution in [0.2, 0.25) is 10.0 Å². The molecule has 1 atom stereocenters. The second-order valence-corrected chi connectivity index (χ2v) is 6.25. The molecule has 0 spiro atoms. The summed E-state index contributed by atoms with van der Waals surface area (Å²) in [6, 6.07) is 3.51. The Kier molecular flexibility index (Phi) is 4.77. The predicted molar refractivity (Wildman–Crippen MR) is 83.1 cm³/mol. The number of hydrogen-bond acceptors (Lipinski definition) is 2. The Balaban J connectivity index is 2.22. The molecule has 104 valence electrons. The van der Waals surface area contributed by atoms with Crippen LogP contribution in [-0.2, 0) is 4.79 Å². The van der Waals surface area contributed by atoms with E-state index in [2.05, 4.69) is 26.6 Å². The van der Waals surface area contributed by atoms with Crippen LogP contribution in [0.4, 0.5) is 5.69 Å². The van der Waals surface area contributed by atoms with E-state index in [1.165, 1.54) is 0 Å². The molecule has 6 heteroatoms. The molecule has 1 amide bonds. The van der Waals surface area contributed by atoms with Gasteiger partial charge < -0.3 is 10.6 Å². The van der Waals surface area contributed by atoms with E-state index in [9.17, 15) is 4.79 Å². The molecule has 0 aliphatic carbocycles. The average Bonchev–Trinajstić information content (AvgIpc) is 2.89. The molecule has 3 nitrogen and oxygen atoms in total. The lowest BCUT2D eigenvalue weighted by molar-refractivity contribution is -0.122. The van der Waals surface area contributed by atoms with Crippen molar-refractivity contribution in [3.8, 4) is 0 Å². The van der Waals surface area contributed by atoms with Crippen LogP contribution in [0.25, 0.3) is 0 Å². The van der Waals surface area contributed by atoms with Crippen LogP contribution < -0.4 is 10.6 Å². The van der Waals surface area contributed by atoms with Crippen LogP contribution in [0.15, 0.2) is 16.6 Å². The lowest BCUT2D eigenvalue weighted by atomic mass is 9.93. The lowest BCUT2D eigenvalue weighted by Gasteiger charge is -2.27. The van der Waals surface area contributed by atoms with Crippen molar-refractivity contribution in [3.63, 3.8) is 0 Å². The zero-order valence-corrected chi connectivity index (χ0v) is 13.6. The van der Waals surface area contributed by atoms with Crippen LogP contribution >= 0.6 is 39.1 Å². The highest BCUT2D eigenvalue weighted by molar-refractivity contribution is 9.10. The summed E-state index contributed by atoms with van der Waals surface area (Å²) in [6.07, 6.45) is 2.61. The smallest absolute Gasteiger partial charge is 0.244 e. The van der Waals surface area contributed by atoms with Gasteiger partial charge in [0.2, 0.25) is 5.91 Å². The minimum Gasteiger partial charge on any atom is -0.323 e. The second-order valence-electron chi connectivity index (χ2n) is 4.64. The summed E-state index contributed by atoms with van der Waals surface area (Å²) >= 11 is 15.5. The van der Waals surface area contributed by atoms with Crippen molar-refractivity contribution in [1.29, 1.82) is 0 Å². The molecular weight excluding hydrogens is 351 g/mol. The average molecular weight is 366 g/mol. The van der Waals surface area contributed by atoms with Crippen LogP contribution in [0.1, 0.15) is 26.2 Å². The van der Waals surface area contributed by atoms with Crippen molar-refractivity contribution in [1.82, 2.24) is 5.32 Å². The third-order valence-electron chi connectivity index (χ3n) is 3.57. The maximum Gasteiger partial charge on any atom is 0.244 e. The molecule has 0 radical (unpaired) electrons. The Bertz CT molecular complexity index is 502. The molecule has 1 aliphatic heterocycles. The van der Waals surface area contributed by atoms with Gasteiger partial charge in [-0.1, -0.05) is 30.1 Å². The maximum atomic E-state index is 12.4.